The van der Waals surface area contributed by atoms with Crippen molar-refractivity contribution in [3.8, 4) is 11.8 Å². The normalized spacial score (nSPS) is 12.2. The van der Waals surface area contributed by atoms with Crippen molar-refractivity contribution in [2.45, 2.75) is 20.4 Å². The van der Waals surface area contributed by atoms with Gasteiger partial charge in [0.1, 0.15) is 15.3 Å². The summed E-state index contributed by atoms with van der Waals surface area (Å²) < 4.78 is 6.47. The molecule has 2 N–H and O–H groups in total. The molecule has 0 aliphatic heterocycles. The quantitative estimate of drug-likeness (QED) is 0.308. The fourth-order valence-corrected chi connectivity index (χ4v) is 3.36. The number of nitro groups is 1. The van der Waals surface area contributed by atoms with E-state index in [0.29, 0.717) is 0 Å². The molecule has 1 heterocycles. The molecule has 0 fully saturated rings. The van der Waals surface area contributed by atoms with E-state index in [1.807, 2.05) is 0 Å². The van der Waals surface area contributed by atoms with Gasteiger partial charge in [0.25, 0.3) is 5.56 Å². The maximum Gasteiger partial charge on any atom is 0.351 e. The highest BCUT2D eigenvalue weighted by Crippen LogP contribution is 2.28. The van der Waals surface area contributed by atoms with Crippen LogP contribution in [0.25, 0.3) is 11.8 Å². The van der Waals surface area contributed by atoms with Crippen LogP contribution in [-0.2, 0) is 16.1 Å². The molecular formula is C17H16N4O6S. The molecule has 1 aromatic carbocycles. The third-order valence-corrected chi connectivity index (χ3v) is 4.70. The number of hydrogen-bond acceptors (Lipinski definition) is 9. The van der Waals surface area contributed by atoms with E-state index in [2.05, 4.69) is 5.32 Å². The number of rotatable bonds is 6. The van der Waals surface area contributed by atoms with Gasteiger partial charge in [0.2, 0.25) is 0 Å². The number of carbonyl (C=O) groups is 1. The van der Waals surface area contributed by atoms with Crippen molar-refractivity contribution < 1.29 is 19.6 Å². The van der Waals surface area contributed by atoms with Gasteiger partial charge < -0.3 is 15.2 Å². The summed E-state index contributed by atoms with van der Waals surface area (Å²) in [4.78, 5) is 34.7. The predicted octanol–water partition coefficient (Wildman–Crippen LogP) is 0.631. The fraction of sp³-hybridized carbons (Fsp3) is 0.235. The van der Waals surface area contributed by atoms with E-state index in [-0.39, 0.29) is 33.6 Å². The van der Waals surface area contributed by atoms with Gasteiger partial charge in [-0.3, -0.25) is 19.5 Å². The second kappa shape index (κ2) is 8.83. The molecule has 0 unspecified atom stereocenters. The van der Waals surface area contributed by atoms with Crippen LogP contribution in [0.2, 0.25) is 0 Å². The van der Waals surface area contributed by atoms with Crippen molar-refractivity contribution in [2.24, 2.45) is 0 Å². The molecule has 0 atom stereocenters. The number of phenols is 1. The minimum absolute atomic E-state index is 0.0892. The highest BCUT2D eigenvalue weighted by Gasteiger charge is 2.16. The lowest BCUT2D eigenvalue weighted by molar-refractivity contribution is -0.385. The van der Waals surface area contributed by atoms with Gasteiger partial charge in [-0.1, -0.05) is 0 Å². The second-order valence-electron chi connectivity index (χ2n) is 5.28. The molecule has 28 heavy (non-hydrogen) atoms. The number of hydrogen-bond donors (Lipinski definition) is 2. The van der Waals surface area contributed by atoms with Gasteiger partial charge in [-0.25, -0.2) is 4.79 Å². The van der Waals surface area contributed by atoms with Crippen LogP contribution in [0.3, 0.4) is 0 Å². The lowest BCUT2D eigenvalue weighted by atomic mass is 10.2. The number of nitrogens with zero attached hydrogens (tertiary/aromatic N) is 3. The molecule has 0 aliphatic carbocycles. The molecule has 11 heteroatoms. The Kier molecular flexibility index (Phi) is 6.51. The monoisotopic (exact) mass is 404 g/mol. The van der Waals surface area contributed by atoms with Crippen molar-refractivity contribution in [2.75, 3.05) is 11.9 Å². The first-order chi connectivity index (χ1) is 13.3. The third-order valence-electron chi connectivity index (χ3n) is 3.57. The average Bonchev–Trinajstić information content (AvgIpc) is 2.97. The number of benzene rings is 1. The summed E-state index contributed by atoms with van der Waals surface area (Å²) in [5.74, 6) is -1.30. The van der Waals surface area contributed by atoms with Crippen LogP contribution in [-0.4, -0.2) is 27.2 Å². The Hall–Kier alpha value is -3.65. The van der Waals surface area contributed by atoms with Crippen molar-refractivity contribution in [3.63, 3.8) is 0 Å². The third kappa shape index (κ3) is 4.18. The largest absolute Gasteiger partial charge is 0.502 e. The molecule has 0 saturated heterocycles. The van der Waals surface area contributed by atoms with Crippen LogP contribution in [0, 0.1) is 21.4 Å². The number of carbonyl (C=O) groups excluding carboxylic acids is 1. The number of phenolic OH excluding ortho intramolecular Hbond substituents is 1. The molecule has 146 valence electrons. The number of thiazole rings is 1. The lowest BCUT2D eigenvalue weighted by Gasteiger charge is -2.01. The number of nitrogens with one attached hydrogen (secondary N) is 1. The van der Waals surface area contributed by atoms with Gasteiger partial charge in [-0.15, -0.1) is 11.3 Å². The van der Waals surface area contributed by atoms with Crippen LogP contribution < -0.4 is 20.1 Å². The minimum Gasteiger partial charge on any atom is -0.502 e. The molecule has 1 aromatic heterocycles. The Morgan fingerprint density at radius 3 is 2.79 bits per heavy atom. The van der Waals surface area contributed by atoms with E-state index < -0.39 is 27.9 Å². The second-order valence-corrected chi connectivity index (χ2v) is 6.31. The number of esters is 1. The SMILES string of the molecule is CCOC(=O)C(C#N)=c1sc(=CNc2ccc(O)c([N+](=O)[O-])c2)c(=O)n1CC. The maximum atomic E-state index is 12.6. The van der Waals surface area contributed by atoms with E-state index in [4.69, 9.17) is 4.74 Å². The van der Waals surface area contributed by atoms with Crippen LogP contribution in [0.5, 0.6) is 5.75 Å². The van der Waals surface area contributed by atoms with Crippen LogP contribution >= 0.6 is 11.3 Å². The summed E-state index contributed by atoms with van der Waals surface area (Å²) in [5, 5.41) is 32.4. The molecule has 0 bridgehead atoms. The predicted molar refractivity (Wildman–Crippen MR) is 102 cm³/mol. The van der Waals surface area contributed by atoms with Crippen molar-refractivity contribution in [1.29, 1.82) is 5.26 Å². The number of aromatic hydroxyl groups is 1. The lowest BCUT2D eigenvalue weighted by Crippen LogP contribution is -2.32. The molecule has 0 aliphatic rings. The molecule has 2 rings (SSSR count). The van der Waals surface area contributed by atoms with Crippen LogP contribution in [0.1, 0.15) is 13.8 Å². The first kappa shape index (κ1) is 20.7. The standard InChI is InChI=1S/C17H16N4O6S/c1-3-20-15(23)14(28-16(20)11(8-18)17(24)27-4-2)9-19-10-5-6-13(22)12(7-10)21(25)26/h5-7,9,19,22H,3-4H2,1-2H3. The Bertz CT molecular complexity index is 1140. The number of nitro benzene ring substituents is 1. The minimum atomic E-state index is -0.817. The van der Waals surface area contributed by atoms with Gasteiger partial charge >= 0.3 is 11.7 Å². The molecule has 0 spiro atoms. The maximum absolute atomic E-state index is 12.6. The average molecular weight is 404 g/mol. The summed E-state index contributed by atoms with van der Waals surface area (Å²) in [6, 6.07) is 5.44. The van der Waals surface area contributed by atoms with Crippen LogP contribution in [0.4, 0.5) is 11.4 Å². The van der Waals surface area contributed by atoms with Crippen LogP contribution in [0.15, 0.2) is 23.0 Å². The van der Waals surface area contributed by atoms with Gasteiger partial charge in [0.15, 0.2) is 11.3 Å². The number of aromatic nitrogens is 1. The topological polar surface area (TPSA) is 147 Å². The molecule has 10 nitrogen and oxygen atoms in total. The van der Waals surface area contributed by atoms with E-state index in [0.717, 1.165) is 23.5 Å². The summed E-state index contributed by atoms with van der Waals surface area (Å²) >= 11 is 0.919. The van der Waals surface area contributed by atoms with Crippen molar-refractivity contribution in [3.05, 3.63) is 47.9 Å². The van der Waals surface area contributed by atoms with Crippen molar-refractivity contribution in [1.82, 2.24) is 4.57 Å². The Morgan fingerprint density at radius 1 is 1.50 bits per heavy atom. The van der Waals surface area contributed by atoms with E-state index >= 15 is 0 Å². The molecule has 0 radical (unpaired) electrons. The summed E-state index contributed by atoms with van der Waals surface area (Å²) in [6.45, 7) is 3.62. The zero-order chi connectivity index (χ0) is 20.8. The molecular weight excluding hydrogens is 388 g/mol. The van der Waals surface area contributed by atoms with E-state index in [1.54, 1.807) is 19.9 Å². The van der Waals surface area contributed by atoms with Gasteiger partial charge in [0, 0.05) is 24.5 Å². The number of anilines is 1. The Morgan fingerprint density at radius 2 is 2.21 bits per heavy atom. The zero-order valence-electron chi connectivity index (χ0n) is 15.0. The van der Waals surface area contributed by atoms with Gasteiger partial charge in [-0.05, 0) is 26.0 Å². The first-order valence-electron chi connectivity index (χ1n) is 8.09. The fourth-order valence-electron chi connectivity index (χ4n) is 2.28. The smallest absolute Gasteiger partial charge is 0.351 e. The van der Waals surface area contributed by atoms with Gasteiger partial charge in [-0.2, -0.15) is 5.26 Å². The Balaban J connectivity index is 2.57. The summed E-state index contributed by atoms with van der Waals surface area (Å²) in [5.41, 5.74) is -0.915. The molecule has 0 amide bonds. The molecule has 0 saturated carbocycles. The number of ether oxygens (including phenoxy) is 1. The number of nitriles is 1. The highest BCUT2D eigenvalue weighted by molar-refractivity contribution is 7.07. The summed E-state index contributed by atoms with van der Waals surface area (Å²) in [7, 11) is 0. The zero-order valence-corrected chi connectivity index (χ0v) is 15.8. The van der Waals surface area contributed by atoms with E-state index in [9.17, 15) is 30.1 Å². The van der Waals surface area contributed by atoms with Gasteiger partial charge in [0.05, 0.1) is 11.5 Å². The highest BCUT2D eigenvalue weighted by atomic mass is 32.1. The first-order valence-corrected chi connectivity index (χ1v) is 8.90. The summed E-state index contributed by atoms with van der Waals surface area (Å²) in [6.07, 6.45) is 1.32. The van der Waals surface area contributed by atoms with Crippen molar-refractivity contribution >= 4 is 40.5 Å². The Labute approximate surface area is 162 Å². The molecule has 2 aromatic rings. The van der Waals surface area contributed by atoms with E-state index in [1.165, 1.54) is 16.8 Å².